The lowest BCUT2D eigenvalue weighted by molar-refractivity contribution is -0.131. The zero-order valence-corrected chi connectivity index (χ0v) is 13.8. The van der Waals surface area contributed by atoms with Gasteiger partial charge < -0.3 is 15.1 Å². The predicted molar refractivity (Wildman–Crippen MR) is 88.9 cm³/mol. The van der Waals surface area contributed by atoms with Gasteiger partial charge in [0.2, 0.25) is 5.91 Å². The molecule has 1 N–H and O–H groups in total. The van der Waals surface area contributed by atoms with Crippen molar-refractivity contribution in [2.24, 2.45) is 5.92 Å². The van der Waals surface area contributed by atoms with E-state index < -0.39 is 0 Å². The molecular weight excluding hydrogens is 290 g/mol. The lowest BCUT2D eigenvalue weighted by Crippen LogP contribution is -2.48. The van der Waals surface area contributed by atoms with E-state index in [1.807, 2.05) is 21.9 Å². The van der Waals surface area contributed by atoms with Gasteiger partial charge in [-0.1, -0.05) is 31.2 Å². The third kappa shape index (κ3) is 3.84. The quantitative estimate of drug-likeness (QED) is 0.908. The Balaban J connectivity index is 1.49. The van der Waals surface area contributed by atoms with E-state index in [0.717, 1.165) is 32.5 Å². The molecule has 124 valence electrons. The lowest BCUT2D eigenvalue weighted by atomic mass is 10.00. The summed E-state index contributed by atoms with van der Waals surface area (Å²) >= 11 is 0. The van der Waals surface area contributed by atoms with Crippen molar-refractivity contribution in [3.8, 4) is 0 Å². The van der Waals surface area contributed by atoms with Crippen molar-refractivity contribution < 1.29 is 9.59 Å². The minimum Gasteiger partial charge on any atom is -0.336 e. The van der Waals surface area contributed by atoms with E-state index in [1.54, 1.807) is 0 Å². The molecule has 0 aliphatic carbocycles. The number of urea groups is 1. The highest BCUT2D eigenvalue weighted by atomic mass is 16.2. The summed E-state index contributed by atoms with van der Waals surface area (Å²) in [6, 6.07) is 8.13. The first-order valence-electron chi connectivity index (χ1n) is 8.51. The molecule has 0 saturated carbocycles. The van der Waals surface area contributed by atoms with Crippen molar-refractivity contribution in [1.82, 2.24) is 15.1 Å². The smallest absolute Gasteiger partial charge is 0.317 e. The van der Waals surface area contributed by atoms with Gasteiger partial charge in [-0.15, -0.1) is 0 Å². The second-order valence-electron chi connectivity index (χ2n) is 6.69. The Kier molecular flexibility index (Phi) is 4.84. The standard InChI is InChI=1S/C18H25N3O2/c1-14-5-4-9-21(12-14)18(23)19-11-17(22)20-10-8-15-6-2-3-7-16(15)13-20/h2-3,6-7,14H,4-5,8-13H2,1H3,(H,19,23). The van der Waals surface area contributed by atoms with Crippen LogP contribution in [-0.2, 0) is 17.8 Å². The van der Waals surface area contributed by atoms with Crippen LogP contribution in [0, 0.1) is 5.92 Å². The molecule has 3 rings (SSSR count). The molecule has 1 saturated heterocycles. The van der Waals surface area contributed by atoms with Crippen molar-refractivity contribution in [2.75, 3.05) is 26.2 Å². The van der Waals surface area contributed by atoms with E-state index in [4.69, 9.17) is 0 Å². The van der Waals surface area contributed by atoms with Crippen LogP contribution in [0.5, 0.6) is 0 Å². The summed E-state index contributed by atoms with van der Waals surface area (Å²) in [6.07, 6.45) is 3.11. The molecular formula is C18H25N3O2. The van der Waals surface area contributed by atoms with E-state index >= 15 is 0 Å². The van der Waals surface area contributed by atoms with Crippen LogP contribution < -0.4 is 5.32 Å². The fourth-order valence-electron chi connectivity index (χ4n) is 3.46. The van der Waals surface area contributed by atoms with Crippen LogP contribution in [0.4, 0.5) is 4.79 Å². The van der Waals surface area contributed by atoms with Gasteiger partial charge >= 0.3 is 6.03 Å². The molecule has 1 unspecified atom stereocenters. The third-order valence-corrected chi connectivity index (χ3v) is 4.82. The summed E-state index contributed by atoms with van der Waals surface area (Å²) < 4.78 is 0. The minimum atomic E-state index is -0.109. The Hall–Kier alpha value is -2.04. The Labute approximate surface area is 137 Å². The maximum atomic E-state index is 12.4. The number of hydrogen-bond acceptors (Lipinski definition) is 2. The monoisotopic (exact) mass is 315 g/mol. The molecule has 2 heterocycles. The molecule has 0 bridgehead atoms. The van der Waals surface area contributed by atoms with Gasteiger partial charge in [0, 0.05) is 26.2 Å². The van der Waals surface area contributed by atoms with Crippen molar-refractivity contribution in [1.29, 1.82) is 0 Å². The molecule has 1 fully saturated rings. The molecule has 0 spiro atoms. The maximum absolute atomic E-state index is 12.4. The Bertz CT molecular complexity index is 587. The largest absolute Gasteiger partial charge is 0.336 e. The number of piperidine rings is 1. The fraction of sp³-hybridized carbons (Fsp3) is 0.556. The number of rotatable bonds is 2. The topological polar surface area (TPSA) is 52.7 Å². The van der Waals surface area contributed by atoms with Gasteiger partial charge in [0.05, 0.1) is 6.54 Å². The molecule has 5 nitrogen and oxygen atoms in total. The van der Waals surface area contributed by atoms with E-state index in [2.05, 4.69) is 24.4 Å². The third-order valence-electron chi connectivity index (χ3n) is 4.82. The van der Waals surface area contributed by atoms with E-state index in [9.17, 15) is 9.59 Å². The van der Waals surface area contributed by atoms with Crippen LogP contribution in [0.15, 0.2) is 24.3 Å². The molecule has 1 atom stereocenters. The Morgan fingerprint density at radius 1 is 1.17 bits per heavy atom. The number of nitrogens with zero attached hydrogens (tertiary/aromatic N) is 2. The number of likely N-dealkylation sites (tertiary alicyclic amines) is 1. The van der Waals surface area contributed by atoms with Crippen molar-refractivity contribution >= 4 is 11.9 Å². The average Bonchev–Trinajstić information content (AvgIpc) is 2.59. The van der Waals surface area contributed by atoms with Crippen molar-refractivity contribution in [3.05, 3.63) is 35.4 Å². The van der Waals surface area contributed by atoms with Crippen LogP contribution in [0.3, 0.4) is 0 Å². The molecule has 0 radical (unpaired) electrons. The second-order valence-corrected chi connectivity index (χ2v) is 6.69. The van der Waals surface area contributed by atoms with Gasteiger partial charge in [0.15, 0.2) is 0 Å². The first kappa shape index (κ1) is 15.8. The second kappa shape index (κ2) is 7.02. The molecule has 3 amide bonds. The number of amides is 3. The van der Waals surface area contributed by atoms with Gasteiger partial charge in [0.25, 0.3) is 0 Å². The van der Waals surface area contributed by atoms with E-state index in [1.165, 1.54) is 17.5 Å². The van der Waals surface area contributed by atoms with E-state index in [-0.39, 0.29) is 18.5 Å². The molecule has 0 aromatic heterocycles. The molecule has 23 heavy (non-hydrogen) atoms. The van der Waals surface area contributed by atoms with Gasteiger partial charge in [-0.25, -0.2) is 4.79 Å². The van der Waals surface area contributed by atoms with Crippen LogP contribution in [0.2, 0.25) is 0 Å². The zero-order valence-electron chi connectivity index (χ0n) is 13.8. The van der Waals surface area contributed by atoms with Crippen LogP contribution >= 0.6 is 0 Å². The molecule has 2 aliphatic rings. The highest BCUT2D eigenvalue weighted by molar-refractivity contribution is 5.84. The Morgan fingerprint density at radius 2 is 1.96 bits per heavy atom. The SMILES string of the molecule is CC1CCCN(C(=O)NCC(=O)N2CCc3ccccc3C2)C1. The number of fused-ring (bicyclic) bond motifs is 1. The van der Waals surface area contributed by atoms with Crippen LogP contribution in [0.1, 0.15) is 30.9 Å². The number of benzene rings is 1. The normalized spacial score (nSPS) is 20.8. The molecule has 2 aliphatic heterocycles. The summed E-state index contributed by atoms with van der Waals surface area (Å²) in [5, 5.41) is 2.79. The van der Waals surface area contributed by atoms with Gasteiger partial charge in [0.1, 0.15) is 0 Å². The zero-order chi connectivity index (χ0) is 16.2. The molecule has 1 aromatic rings. The summed E-state index contributed by atoms with van der Waals surface area (Å²) in [4.78, 5) is 28.2. The van der Waals surface area contributed by atoms with Crippen molar-refractivity contribution in [2.45, 2.75) is 32.7 Å². The summed E-state index contributed by atoms with van der Waals surface area (Å²) in [5.74, 6) is 0.543. The average molecular weight is 315 g/mol. The number of nitrogens with one attached hydrogen (secondary N) is 1. The maximum Gasteiger partial charge on any atom is 0.317 e. The molecule has 1 aromatic carbocycles. The number of hydrogen-bond donors (Lipinski definition) is 1. The first-order chi connectivity index (χ1) is 11.1. The number of carbonyl (C=O) groups is 2. The van der Waals surface area contributed by atoms with Gasteiger partial charge in [-0.3, -0.25) is 4.79 Å². The first-order valence-corrected chi connectivity index (χ1v) is 8.51. The highest BCUT2D eigenvalue weighted by Crippen LogP contribution is 2.18. The summed E-state index contributed by atoms with van der Waals surface area (Å²) in [5.41, 5.74) is 2.53. The summed E-state index contributed by atoms with van der Waals surface area (Å²) in [7, 11) is 0. The lowest BCUT2D eigenvalue weighted by Gasteiger charge is -2.32. The minimum absolute atomic E-state index is 0.00193. The van der Waals surface area contributed by atoms with Crippen LogP contribution in [0.25, 0.3) is 0 Å². The number of carbonyl (C=O) groups excluding carboxylic acids is 2. The highest BCUT2D eigenvalue weighted by Gasteiger charge is 2.23. The molecule has 5 heteroatoms. The van der Waals surface area contributed by atoms with Gasteiger partial charge in [-0.05, 0) is 36.3 Å². The Morgan fingerprint density at radius 3 is 2.74 bits per heavy atom. The van der Waals surface area contributed by atoms with E-state index in [0.29, 0.717) is 12.5 Å². The van der Waals surface area contributed by atoms with Crippen LogP contribution in [-0.4, -0.2) is 47.9 Å². The summed E-state index contributed by atoms with van der Waals surface area (Å²) in [6.45, 7) is 5.21. The van der Waals surface area contributed by atoms with Gasteiger partial charge in [-0.2, -0.15) is 0 Å². The fourth-order valence-corrected chi connectivity index (χ4v) is 3.46. The predicted octanol–water partition coefficient (Wildman–Crippen LogP) is 2.01. The van der Waals surface area contributed by atoms with Crippen molar-refractivity contribution in [3.63, 3.8) is 0 Å².